The Morgan fingerprint density at radius 3 is 2.92 bits per heavy atom. The summed E-state index contributed by atoms with van der Waals surface area (Å²) in [7, 11) is 0. The summed E-state index contributed by atoms with van der Waals surface area (Å²) in [6, 6.07) is 5.34. The SMILES string of the molecule is O=C(Cl)Cc1ccc2c(c1)OCO2. The molecule has 13 heavy (non-hydrogen) atoms. The highest BCUT2D eigenvalue weighted by Crippen LogP contribution is 2.32. The van der Waals surface area contributed by atoms with E-state index in [1.54, 1.807) is 18.2 Å². The third-order valence-corrected chi connectivity index (χ3v) is 1.91. The van der Waals surface area contributed by atoms with Crippen LogP contribution in [0.1, 0.15) is 5.56 Å². The molecule has 0 bridgehead atoms. The molecule has 68 valence electrons. The molecule has 1 aromatic rings. The highest BCUT2D eigenvalue weighted by molar-refractivity contribution is 6.63. The maximum Gasteiger partial charge on any atom is 0.231 e. The summed E-state index contributed by atoms with van der Waals surface area (Å²) in [6.07, 6.45) is 0.220. The second kappa shape index (κ2) is 3.26. The van der Waals surface area contributed by atoms with Gasteiger partial charge in [0.05, 0.1) is 0 Å². The van der Waals surface area contributed by atoms with Crippen LogP contribution in [0.3, 0.4) is 0 Å². The molecule has 0 unspecified atom stereocenters. The molecule has 1 aliphatic heterocycles. The fourth-order valence-electron chi connectivity index (χ4n) is 1.21. The molecule has 0 spiro atoms. The molecular weight excluding hydrogens is 192 g/mol. The molecular formula is C9H7ClO3. The van der Waals surface area contributed by atoms with Crippen molar-refractivity contribution in [3.05, 3.63) is 23.8 Å². The molecule has 0 atom stereocenters. The molecule has 0 saturated carbocycles. The smallest absolute Gasteiger partial charge is 0.231 e. The summed E-state index contributed by atoms with van der Waals surface area (Å²) >= 11 is 5.25. The van der Waals surface area contributed by atoms with E-state index in [0.717, 1.165) is 5.56 Å². The molecule has 0 aromatic heterocycles. The maximum atomic E-state index is 10.6. The van der Waals surface area contributed by atoms with Crippen LogP contribution in [0.5, 0.6) is 11.5 Å². The van der Waals surface area contributed by atoms with Crippen molar-refractivity contribution in [1.82, 2.24) is 0 Å². The van der Waals surface area contributed by atoms with Gasteiger partial charge in [0.15, 0.2) is 11.5 Å². The third-order valence-electron chi connectivity index (χ3n) is 1.78. The number of fused-ring (bicyclic) bond motifs is 1. The molecule has 0 fully saturated rings. The number of ether oxygens (including phenoxy) is 2. The van der Waals surface area contributed by atoms with Gasteiger partial charge in [0, 0.05) is 6.42 Å². The van der Waals surface area contributed by atoms with Crippen LogP contribution >= 0.6 is 11.6 Å². The first kappa shape index (κ1) is 8.38. The molecule has 0 radical (unpaired) electrons. The number of carbonyl (C=O) groups excluding carboxylic acids is 1. The van der Waals surface area contributed by atoms with E-state index in [-0.39, 0.29) is 18.5 Å². The van der Waals surface area contributed by atoms with Crippen molar-refractivity contribution in [2.45, 2.75) is 6.42 Å². The molecule has 1 aromatic carbocycles. The van der Waals surface area contributed by atoms with Crippen molar-refractivity contribution < 1.29 is 14.3 Å². The topological polar surface area (TPSA) is 35.5 Å². The number of halogens is 1. The average Bonchev–Trinajstić information content (AvgIpc) is 2.49. The largest absolute Gasteiger partial charge is 0.454 e. The quantitative estimate of drug-likeness (QED) is 0.679. The van der Waals surface area contributed by atoms with Gasteiger partial charge in [-0.05, 0) is 29.3 Å². The zero-order chi connectivity index (χ0) is 9.26. The summed E-state index contributed by atoms with van der Waals surface area (Å²) in [5.74, 6) is 1.39. The van der Waals surface area contributed by atoms with Gasteiger partial charge in [-0.3, -0.25) is 4.79 Å². The second-order valence-electron chi connectivity index (χ2n) is 2.72. The Balaban J connectivity index is 2.25. The Labute approximate surface area is 80.2 Å². The minimum atomic E-state index is -0.376. The molecule has 0 N–H and O–H groups in total. The number of carbonyl (C=O) groups is 1. The average molecular weight is 199 g/mol. The Morgan fingerprint density at radius 2 is 2.15 bits per heavy atom. The fourth-order valence-corrected chi connectivity index (χ4v) is 1.37. The fraction of sp³-hybridized carbons (Fsp3) is 0.222. The first-order chi connectivity index (χ1) is 6.25. The standard InChI is InChI=1S/C9H7ClO3/c10-9(11)4-6-1-2-7-8(3-6)13-5-12-7/h1-3H,4-5H2. The van der Waals surface area contributed by atoms with Gasteiger partial charge >= 0.3 is 0 Å². The zero-order valence-electron chi connectivity index (χ0n) is 6.75. The van der Waals surface area contributed by atoms with Crippen molar-refractivity contribution in [2.75, 3.05) is 6.79 Å². The minimum absolute atomic E-state index is 0.220. The van der Waals surface area contributed by atoms with E-state index in [9.17, 15) is 4.79 Å². The van der Waals surface area contributed by atoms with E-state index in [2.05, 4.69) is 0 Å². The lowest BCUT2D eigenvalue weighted by atomic mass is 10.1. The summed E-state index contributed by atoms with van der Waals surface area (Å²) in [6.45, 7) is 0.244. The first-order valence-electron chi connectivity index (χ1n) is 3.82. The Hall–Kier alpha value is -1.22. The molecule has 3 nitrogen and oxygen atoms in total. The molecule has 2 rings (SSSR count). The van der Waals surface area contributed by atoms with Crippen molar-refractivity contribution in [1.29, 1.82) is 0 Å². The van der Waals surface area contributed by atoms with Gasteiger partial charge in [0.2, 0.25) is 12.0 Å². The first-order valence-corrected chi connectivity index (χ1v) is 4.20. The number of hydrogen-bond donors (Lipinski definition) is 0. The second-order valence-corrected chi connectivity index (χ2v) is 3.14. The Bertz CT molecular complexity index is 349. The number of benzene rings is 1. The third kappa shape index (κ3) is 1.75. The summed E-state index contributed by atoms with van der Waals surface area (Å²) in [4.78, 5) is 10.6. The van der Waals surface area contributed by atoms with Crippen LogP contribution in [0.2, 0.25) is 0 Å². The molecule has 0 saturated heterocycles. The number of hydrogen-bond acceptors (Lipinski definition) is 3. The maximum absolute atomic E-state index is 10.6. The van der Waals surface area contributed by atoms with Crippen LogP contribution in [0.15, 0.2) is 18.2 Å². The van der Waals surface area contributed by atoms with E-state index in [1.807, 2.05) is 0 Å². The van der Waals surface area contributed by atoms with Gasteiger partial charge in [-0.1, -0.05) is 6.07 Å². The van der Waals surface area contributed by atoms with E-state index < -0.39 is 0 Å². The normalized spacial score (nSPS) is 13.0. The van der Waals surface area contributed by atoms with E-state index in [0.29, 0.717) is 11.5 Å². The van der Waals surface area contributed by atoms with Crippen molar-refractivity contribution in [3.63, 3.8) is 0 Å². The Kier molecular flexibility index (Phi) is 2.10. The molecule has 1 heterocycles. The van der Waals surface area contributed by atoms with Crippen LogP contribution in [0.4, 0.5) is 0 Å². The van der Waals surface area contributed by atoms with Crippen molar-refractivity contribution in [3.8, 4) is 11.5 Å². The van der Waals surface area contributed by atoms with Crippen molar-refractivity contribution in [2.24, 2.45) is 0 Å². The van der Waals surface area contributed by atoms with E-state index >= 15 is 0 Å². The van der Waals surface area contributed by atoms with Gasteiger partial charge in [-0.2, -0.15) is 0 Å². The highest BCUT2D eigenvalue weighted by Gasteiger charge is 2.13. The molecule has 0 amide bonds. The molecule has 4 heteroatoms. The van der Waals surface area contributed by atoms with Gasteiger partial charge in [0.25, 0.3) is 0 Å². The van der Waals surface area contributed by atoms with Gasteiger partial charge in [-0.15, -0.1) is 0 Å². The number of rotatable bonds is 2. The lowest BCUT2D eigenvalue weighted by molar-refractivity contribution is -0.111. The zero-order valence-corrected chi connectivity index (χ0v) is 7.50. The van der Waals surface area contributed by atoms with Crippen molar-refractivity contribution >= 4 is 16.8 Å². The van der Waals surface area contributed by atoms with Gasteiger partial charge < -0.3 is 9.47 Å². The Morgan fingerprint density at radius 1 is 1.38 bits per heavy atom. The van der Waals surface area contributed by atoms with Crippen LogP contribution in [-0.4, -0.2) is 12.0 Å². The minimum Gasteiger partial charge on any atom is -0.454 e. The van der Waals surface area contributed by atoms with Crippen LogP contribution in [-0.2, 0) is 11.2 Å². The predicted molar refractivity (Wildman–Crippen MR) is 47.1 cm³/mol. The molecule has 0 aliphatic carbocycles. The van der Waals surface area contributed by atoms with Crippen LogP contribution < -0.4 is 9.47 Å². The summed E-state index contributed by atoms with van der Waals surface area (Å²) < 4.78 is 10.3. The summed E-state index contributed by atoms with van der Waals surface area (Å²) in [5.41, 5.74) is 0.837. The molecule has 1 aliphatic rings. The van der Waals surface area contributed by atoms with Gasteiger partial charge in [0.1, 0.15) is 0 Å². The van der Waals surface area contributed by atoms with Crippen LogP contribution in [0.25, 0.3) is 0 Å². The van der Waals surface area contributed by atoms with Gasteiger partial charge in [-0.25, -0.2) is 0 Å². The highest BCUT2D eigenvalue weighted by atomic mass is 35.5. The summed E-state index contributed by atoms with van der Waals surface area (Å²) in [5, 5.41) is -0.376. The predicted octanol–water partition coefficient (Wildman–Crippen LogP) is 1.72. The lowest BCUT2D eigenvalue weighted by Gasteiger charge is -1.98. The van der Waals surface area contributed by atoms with Crippen LogP contribution in [0, 0.1) is 0 Å². The van der Waals surface area contributed by atoms with E-state index in [4.69, 9.17) is 21.1 Å². The monoisotopic (exact) mass is 198 g/mol. The van der Waals surface area contributed by atoms with E-state index in [1.165, 1.54) is 0 Å². The lowest BCUT2D eigenvalue weighted by Crippen LogP contribution is -1.93.